The lowest BCUT2D eigenvalue weighted by atomic mass is 10.0. The van der Waals surface area contributed by atoms with Crippen LogP contribution >= 0.6 is 11.8 Å². The highest BCUT2D eigenvalue weighted by atomic mass is 32.2. The first-order chi connectivity index (χ1) is 21.7. The Morgan fingerprint density at radius 2 is 1.75 bits per heavy atom. The van der Waals surface area contributed by atoms with E-state index in [-0.39, 0.29) is 0 Å². The number of nitrogens with zero attached hydrogens (tertiary/aromatic N) is 8. The lowest BCUT2D eigenvalue weighted by Crippen LogP contribution is -2.49. The van der Waals surface area contributed by atoms with Crippen LogP contribution in [0.3, 0.4) is 0 Å². The molecule has 0 unspecified atom stereocenters. The summed E-state index contributed by atoms with van der Waals surface area (Å²) in [7, 11) is 1.68. The number of aromatic nitrogens is 5. The van der Waals surface area contributed by atoms with Crippen LogP contribution in [0.5, 0.6) is 11.5 Å². The number of hydrogen-bond acceptors (Lipinski definition) is 12. The topological polar surface area (TPSA) is 126 Å². The number of thioether (sulfide) groups is 1. The molecule has 4 aromatic rings. The van der Waals surface area contributed by atoms with Crippen molar-refractivity contribution in [3.63, 3.8) is 0 Å². The van der Waals surface area contributed by atoms with Crippen LogP contribution in [0.4, 0.5) is 17.3 Å². The highest BCUT2D eigenvalue weighted by molar-refractivity contribution is 7.98. The molecule has 2 saturated heterocycles. The summed E-state index contributed by atoms with van der Waals surface area (Å²) >= 11 is 1.50. The molecular formula is C31H35N9O3S. The van der Waals surface area contributed by atoms with Gasteiger partial charge in [0.1, 0.15) is 29.4 Å². The molecule has 0 aliphatic carbocycles. The Hall–Kier alpha value is -4.38. The molecule has 2 aliphatic heterocycles. The molecule has 0 radical (unpaired) electrons. The Morgan fingerprint density at radius 1 is 0.977 bits per heavy atom. The van der Waals surface area contributed by atoms with Crippen LogP contribution in [0.25, 0.3) is 11.1 Å². The number of nitrogens with one attached hydrogen (secondary N) is 1. The highest BCUT2D eigenvalue weighted by Gasteiger charge is 2.26. The Bertz CT molecular complexity index is 1550. The third-order valence-electron chi connectivity index (χ3n) is 7.88. The average molecular weight is 614 g/mol. The van der Waals surface area contributed by atoms with E-state index in [2.05, 4.69) is 53.5 Å². The van der Waals surface area contributed by atoms with Crippen LogP contribution in [-0.4, -0.2) is 88.3 Å². The van der Waals surface area contributed by atoms with E-state index in [1.165, 1.54) is 11.8 Å². The Labute approximate surface area is 260 Å². The Balaban J connectivity index is 1.07. The maximum Gasteiger partial charge on any atom is 0.227 e. The fraction of sp³-hybridized carbons (Fsp3) is 0.387. The molecule has 228 valence electrons. The molecule has 0 amide bonds. The van der Waals surface area contributed by atoms with Crippen LogP contribution < -0.4 is 19.7 Å². The maximum absolute atomic E-state index is 9.54. The Morgan fingerprint density at radius 3 is 2.48 bits per heavy atom. The predicted molar refractivity (Wildman–Crippen MR) is 169 cm³/mol. The normalized spacial score (nSPS) is 16.0. The second-order valence-electron chi connectivity index (χ2n) is 10.5. The SMILES string of the molecule is COc1cc(N2CCC(N3CCOCC3)CC2)ccc1Nc1ncc(-c2ccc(C#N)c(OCSCn3nccn3)c2)cn1. The molecule has 4 heterocycles. The molecule has 0 saturated carbocycles. The minimum atomic E-state index is 0.354. The molecule has 12 nitrogen and oxygen atoms in total. The van der Waals surface area contributed by atoms with Gasteiger partial charge >= 0.3 is 0 Å². The number of ether oxygens (including phenoxy) is 3. The second kappa shape index (κ2) is 14.4. The van der Waals surface area contributed by atoms with Gasteiger partial charge in [0.05, 0.1) is 44.0 Å². The predicted octanol–water partition coefficient (Wildman–Crippen LogP) is 4.39. The summed E-state index contributed by atoms with van der Waals surface area (Å²) in [5.74, 6) is 2.61. The summed E-state index contributed by atoms with van der Waals surface area (Å²) in [4.78, 5) is 15.7. The van der Waals surface area contributed by atoms with E-state index in [1.54, 1.807) is 42.8 Å². The van der Waals surface area contributed by atoms with E-state index in [0.717, 1.165) is 80.5 Å². The Kier molecular flexibility index (Phi) is 9.71. The van der Waals surface area contributed by atoms with Crippen LogP contribution in [-0.2, 0) is 10.6 Å². The fourth-order valence-electron chi connectivity index (χ4n) is 5.52. The molecule has 2 fully saturated rings. The van der Waals surface area contributed by atoms with Crippen molar-refractivity contribution in [2.75, 3.05) is 62.7 Å². The van der Waals surface area contributed by atoms with Crippen molar-refractivity contribution in [1.82, 2.24) is 29.9 Å². The minimum absolute atomic E-state index is 0.354. The number of methoxy groups -OCH3 is 1. The summed E-state index contributed by atoms with van der Waals surface area (Å²) in [6.07, 6.45) is 9.06. The zero-order valence-corrected chi connectivity index (χ0v) is 25.4. The quantitative estimate of drug-likeness (QED) is 0.190. The van der Waals surface area contributed by atoms with Crippen molar-refractivity contribution in [3.8, 4) is 28.7 Å². The average Bonchev–Trinajstić information content (AvgIpc) is 3.61. The van der Waals surface area contributed by atoms with Crippen molar-refractivity contribution in [1.29, 1.82) is 5.26 Å². The molecule has 6 rings (SSSR count). The number of piperidine rings is 1. The molecule has 13 heteroatoms. The monoisotopic (exact) mass is 613 g/mol. The highest BCUT2D eigenvalue weighted by Crippen LogP contribution is 2.33. The van der Waals surface area contributed by atoms with Crippen molar-refractivity contribution in [3.05, 3.63) is 66.7 Å². The van der Waals surface area contributed by atoms with E-state index in [4.69, 9.17) is 14.2 Å². The number of rotatable bonds is 11. The van der Waals surface area contributed by atoms with E-state index in [9.17, 15) is 5.26 Å². The van der Waals surface area contributed by atoms with Crippen LogP contribution in [0.15, 0.2) is 61.2 Å². The lowest BCUT2D eigenvalue weighted by Gasteiger charge is -2.40. The molecule has 0 atom stereocenters. The molecule has 0 spiro atoms. The van der Waals surface area contributed by atoms with Gasteiger partial charge in [0.2, 0.25) is 5.95 Å². The summed E-state index contributed by atoms with van der Waals surface area (Å²) in [5.41, 5.74) is 4.07. The summed E-state index contributed by atoms with van der Waals surface area (Å²) in [5, 5.41) is 21.0. The van der Waals surface area contributed by atoms with Crippen LogP contribution in [0.2, 0.25) is 0 Å². The van der Waals surface area contributed by atoms with Gasteiger partial charge < -0.3 is 24.4 Å². The first kappa shape index (κ1) is 29.7. The molecular weight excluding hydrogens is 578 g/mol. The van der Waals surface area contributed by atoms with Gasteiger partial charge in [-0.3, -0.25) is 4.90 Å². The summed E-state index contributed by atoms with van der Waals surface area (Å²) < 4.78 is 17.2. The first-order valence-electron chi connectivity index (χ1n) is 14.6. The van der Waals surface area contributed by atoms with Crippen molar-refractivity contribution in [2.45, 2.75) is 24.8 Å². The van der Waals surface area contributed by atoms with Gasteiger partial charge in [-0.15, -0.1) is 0 Å². The van der Waals surface area contributed by atoms with Gasteiger partial charge in [0.15, 0.2) is 0 Å². The number of hydrogen-bond donors (Lipinski definition) is 1. The molecule has 44 heavy (non-hydrogen) atoms. The van der Waals surface area contributed by atoms with Crippen LogP contribution in [0.1, 0.15) is 18.4 Å². The van der Waals surface area contributed by atoms with Gasteiger partial charge in [-0.05, 0) is 42.7 Å². The largest absolute Gasteiger partial charge is 0.494 e. The number of anilines is 3. The van der Waals surface area contributed by atoms with Gasteiger partial charge in [-0.2, -0.15) is 20.3 Å². The third kappa shape index (κ3) is 7.21. The lowest BCUT2D eigenvalue weighted by molar-refractivity contribution is 0.0115. The van der Waals surface area contributed by atoms with E-state index < -0.39 is 0 Å². The summed E-state index contributed by atoms with van der Waals surface area (Å²) in [6, 6.07) is 14.5. The van der Waals surface area contributed by atoms with Crippen molar-refractivity contribution >= 4 is 29.1 Å². The van der Waals surface area contributed by atoms with E-state index in [1.807, 2.05) is 18.2 Å². The molecule has 1 N–H and O–H groups in total. The third-order valence-corrected chi connectivity index (χ3v) is 8.58. The standard InChI is InChI=1S/C31H35N9O3S/c1-41-30-17-27(38-10-6-26(7-11-38)39-12-14-42-15-13-39)4-5-28(30)37-31-33-19-25(20-34-31)23-2-3-24(18-32)29(16-23)43-22-44-21-40-35-8-9-36-40/h2-5,8-9,16-17,19-20,26H,6-7,10-15,21-22H2,1H3,(H,33,34,37). The zero-order valence-electron chi connectivity index (χ0n) is 24.6. The van der Waals surface area contributed by atoms with E-state index in [0.29, 0.717) is 35.1 Å². The molecule has 0 bridgehead atoms. The van der Waals surface area contributed by atoms with Gasteiger partial charge in [-0.1, -0.05) is 17.8 Å². The minimum Gasteiger partial charge on any atom is -0.494 e. The molecule has 2 aliphatic rings. The van der Waals surface area contributed by atoms with E-state index >= 15 is 0 Å². The number of benzene rings is 2. The summed E-state index contributed by atoms with van der Waals surface area (Å²) in [6.45, 7) is 5.80. The maximum atomic E-state index is 9.54. The number of nitriles is 1. The smallest absolute Gasteiger partial charge is 0.227 e. The van der Waals surface area contributed by atoms with Gasteiger partial charge in [0, 0.05) is 61.9 Å². The van der Waals surface area contributed by atoms with Gasteiger partial charge in [0.25, 0.3) is 0 Å². The van der Waals surface area contributed by atoms with Crippen molar-refractivity contribution in [2.24, 2.45) is 0 Å². The fourth-order valence-corrected chi connectivity index (χ4v) is 6.10. The van der Waals surface area contributed by atoms with Crippen molar-refractivity contribution < 1.29 is 14.2 Å². The number of morpholine rings is 1. The second-order valence-corrected chi connectivity index (χ2v) is 11.4. The van der Waals surface area contributed by atoms with Gasteiger partial charge in [-0.25, -0.2) is 9.97 Å². The molecule has 2 aromatic heterocycles. The zero-order chi connectivity index (χ0) is 30.1. The molecule has 2 aromatic carbocycles. The van der Waals surface area contributed by atoms with Crippen LogP contribution in [0, 0.1) is 11.3 Å². The first-order valence-corrected chi connectivity index (χ1v) is 15.8.